The van der Waals surface area contributed by atoms with Crippen LogP contribution in [-0.4, -0.2) is 36.4 Å². The molecule has 5 nitrogen and oxygen atoms in total. The van der Waals surface area contributed by atoms with Gasteiger partial charge in [-0.2, -0.15) is 0 Å². The summed E-state index contributed by atoms with van der Waals surface area (Å²) >= 11 is 5.79. The Morgan fingerprint density at radius 2 is 2.05 bits per heavy atom. The van der Waals surface area contributed by atoms with Gasteiger partial charge in [0.2, 0.25) is 5.91 Å². The number of rotatable bonds is 6. The van der Waals surface area contributed by atoms with Crippen LogP contribution in [0.25, 0.3) is 0 Å². The van der Waals surface area contributed by atoms with E-state index in [1.54, 1.807) is 24.3 Å². The first-order chi connectivity index (χ1) is 10.1. The van der Waals surface area contributed by atoms with Crippen LogP contribution in [0.5, 0.6) is 0 Å². The summed E-state index contributed by atoms with van der Waals surface area (Å²) in [4.78, 5) is 18.1. The average molecular weight is 437 g/mol. The molecule has 0 radical (unpaired) electrons. The van der Waals surface area contributed by atoms with Crippen molar-refractivity contribution in [2.45, 2.75) is 31.7 Å². The van der Waals surface area contributed by atoms with Crippen LogP contribution in [-0.2, 0) is 4.79 Å². The van der Waals surface area contributed by atoms with Gasteiger partial charge in [0, 0.05) is 36.8 Å². The summed E-state index contributed by atoms with van der Waals surface area (Å²) in [7, 11) is 1.96. The number of anilines is 1. The summed E-state index contributed by atoms with van der Waals surface area (Å²) < 4.78 is 0. The van der Waals surface area contributed by atoms with Gasteiger partial charge in [-0.1, -0.05) is 11.6 Å². The molecule has 1 fully saturated rings. The van der Waals surface area contributed by atoms with E-state index in [-0.39, 0.29) is 29.9 Å². The Morgan fingerprint density at radius 1 is 1.41 bits per heavy atom. The van der Waals surface area contributed by atoms with E-state index in [9.17, 15) is 4.79 Å². The molecule has 0 aromatic heterocycles. The van der Waals surface area contributed by atoms with Crippen LogP contribution in [0.1, 0.15) is 25.7 Å². The van der Waals surface area contributed by atoms with Gasteiger partial charge in [0.1, 0.15) is 0 Å². The van der Waals surface area contributed by atoms with Crippen molar-refractivity contribution < 1.29 is 4.79 Å². The molecule has 1 aliphatic carbocycles. The number of nitrogens with one attached hydrogen (secondary N) is 1. The molecule has 0 spiro atoms. The minimum atomic E-state index is -0.0263. The van der Waals surface area contributed by atoms with Gasteiger partial charge in [-0.15, -0.1) is 24.0 Å². The fraction of sp³-hybridized carbons (Fsp3) is 0.467. The van der Waals surface area contributed by atoms with Crippen molar-refractivity contribution in [2.75, 3.05) is 18.9 Å². The number of nitrogens with two attached hydrogens (primary N) is 1. The van der Waals surface area contributed by atoms with E-state index in [4.69, 9.17) is 17.3 Å². The molecule has 0 saturated heterocycles. The summed E-state index contributed by atoms with van der Waals surface area (Å²) in [5.74, 6) is 0.539. The third kappa shape index (κ3) is 6.39. The molecule has 7 heteroatoms. The van der Waals surface area contributed by atoms with Gasteiger partial charge in [0.25, 0.3) is 0 Å². The highest BCUT2D eigenvalue weighted by Crippen LogP contribution is 2.24. The Bertz CT molecular complexity index is 517. The number of aliphatic imine (C=N–C) groups is 1. The fourth-order valence-corrected chi connectivity index (χ4v) is 2.08. The van der Waals surface area contributed by atoms with Gasteiger partial charge >= 0.3 is 0 Å². The van der Waals surface area contributed by atoms with E-state index in [0.29, 0.717) is 36.4 Å². The lowest BCUT2D eigenvalue weighted by Gasteiger charge is -2.16. The van der Waals surface area contributed by atoms with E-state index < -0.39 is 0 Å². The molecule has 0 unspecified atom stereocenters. The first-order valence-electron chi connectivity index (χ1n) is 7.14. The second-order valence-electron chi connectivity index (χ2n) is 5.24. The first-order valence-corrected chi connectivity index (χ1v) is 7.52. The lowest BCUT2D eigenvalue weighted by molar-refractivity contribution is -0.116. The Kier molecular flexibility index (Phi) is 7.95. The highest BCUT2D eigenvalue weighted by Gasteiger charge is 2.27. The summed E-state index contributed by atoms with van der Waals surface area (Å²) in [5, 5.41) is 3.47. The number of nitrogens with zero attached hydrogens (tertiary/aromatic N) is 2. The Balaban J connectivity index is 0.00000242. The SMILES string of the molecule is CN(C(N)=NCCCC(=O)Nc1ccc(Cl)cc1)C1CC1.I. The number of guanidine groups is 1. The van der Waals surface area contributed by atoms with Crippen LogP contribution < -0.4 is 11.1 Å². The van der Waals surface area contributed by atoms with Crippen molar-refractivity contribution in [2.24, 2.45) is 10.7 Å². The third-order valence-electron chi connectivity index (χ3n) is 3.42. The van der Waals surface area contributed by atoms with E-state index in [2.05, 4.69) is 10.3 Å². The van der Waals surface area contributed by atoms with E-state index in [1.165, 1.54) is 12.8 Å². The smallest absolute Gasteiger partial charge is 0.224 e. The topological polar surface area (TPSA) is 70.7 Å². The summed E-state index contributed by atoms with van der Waals surface area (Å²) in [5.41, 5.74) is 6.63. The molecule has 0 heterocycles. The Hall–Kier alpha value is -1.02. The van der Waals surface area contributed by atoms with Crippen LogP contribution in [0.15, 0.2) is 29.3 Å². The number of hydrogen-bond donors (Lipinski definition) is 2. The molecular weight excluding hydrogens is 415 g/mol. The molecule has 0 atom stereocenters. The zero-order valence-corrected chi connectivity index (χ0v) is 15.7. The normalized spacial score (nSPS) is 14.2. The second-order valence-corrected chi connectivity index (χ2v) is 5.68. The van der Waals surface area contributed by atoms with E-state index >= 15 is 0 Å². The largest absolute Gasteiger partial charge is 0.370 e. The number of carbonyl (C=O) groups excluding carboxylic acids is 1. The van der Waals surface area contributed by atoms with Gasteiger partial charge in [-0.3, -0.25) is 9.79 Å². The Labute approximate surface area is 153 Å². The summed E-state index contributed by atoms with van der Waals surface area (Å²) in [6.07, 6.45) is 3.48. The molecule has 2 rings (SSSR count). The zero-order chi connectivity index (χ0) is 15.2. The molecule has 1 saturated carbocycles. The molecule has 1 amide bonds. The van der Waals surface area contributed by atoms with Crippen molar-refractivity contribution in [3.8, 4) is 0 Å². The minimum absolute atomic E-state index is 0. The van der Waals surface area contributed by atoms with E-state index in [0.717, 1.165) is 5.69 Å². The first kappa shape index (κ1) is 19.0. The zero-order valence-electron chi connectivity index (χ0n) is 12.6. The third-order valence-corrected chi connectivity index (χ3v) is 3.67. The molecule has 22 heavy (non-hydrogen) atoms. The van der Waals surface area contributed by atoms with Crippen LogP contribution in [0.4, 0.5) is 5.69 Å². The quantitative estimate of drug-likeness (QED) is 0.312. The number of amides is 1. The van der Waals surface area contributed by atoms with Crippen LogP contribution in [0, 0.1) is 0 Å². The fourth-order valence-electron chi connectivity index (χ4n) is 1.95. The predicted octanol–water partition coefficient (Wildman–Crippen LogP) is 3.09. The molecule has 1 aromatic rings. The van der Waals surface area contributed by atoms with Gasteiger partial charge in [-0.05, 0) is 43.5 Å². The monoisotopic (exact) mass is 436 g/mol. The van der Waals surface area contributed by atoms with Crippen molar-refractivity contribution in [3.63, 3.8) is 0 Å². The van der Waals surface area contributed by atoms with E-state index in [1.807, 2.05) is 11.9 Å². The summed E-state index contributed by atoms with van der Waals surface area (Å²) in [6, 6.07) is 7.61. The molecule has 3 N–H and O–H groups in total. The molecular formula is C15H22ClIN4O. The highest BCUT2D eigenvalue weighted by atomic mass is 127. The maximum absolute atomic E-state index is 11.8. The van der Waals surface area contributed by atoms with Crippen molar-refractivity contribution in [1.82, 2.24) is 4.90 Å². The van der Waals surface area contributed by atoms with Crippen LogP contribution >= 0.6 is 35.6 Å². The standard InChI is InChI=1S/C15H21ClN4O.HI/c1-20(13-8-9-13)15(17)18-10-2-3-14(21)19-12-6-4-11(16)5-7-12;/h4-7,13H,2-3,8-10H2,1H3,(H2,17,18)(H,19,21);1H. The molecule has 122 valence electrons. The highest BCUT2D eigenvalue weighted by molar-refractivity contribution is 14.0. The van der Waals surface area contributed by atoms with Crippen LogP contribution in [0.2, 0.25) is 5.02 Å². The van der Waals surface area contributed by atoms with Gasteiger partial charge < -0.3 is 16.0 Å². The molecule has 1 aromatic carbocycles. The number of carbonyl (C=O) groups is 1. The lowest BCUT2D eigenvalue weighted by atomic mass is 10.2. The maximum atomic E-state index is 11.8. The molecule has 0 aliphatic heterocycles. The van der Waals surface area contributed by atoms with Crippen molar-refractivity contribution in [1.29, 1.82) is 0 Å². The average Bonchev–Trinajstić information content (AvgIpc) is 3.29. The number of benzene rings is 1. The van der Waals surface area contributed by atoms with Gasteiger partial charge in [0.05, 0.1) is 0 Å². The predicted molar refractivity (Wildman–Crippen MR) is 102 cm³/mol. The van der Waals surface area contributed by atoms with Crippen LogP contribution in [0.3, 0.4) is 0 Å². The Morgan fingerprint density at radius 3 is 2.64 bits per heavy atom. The minimum Gasteiger partial charge on any atom is -0.370 e. The lowest BCUT2D eigenvalue weighted by Crippen LogP contribution is -2.35. The molecule has 1 aliphatic rings. The van der Waals surface area contributed by atoms with Crippen molar-refractivity contribution in [3.05, 3.63) is 29.3 Å². The maximum Gasteiger partial charge on any atom is 0.224 e. The number of halogens is 2. The van der Waals surface area contributed by atoms with Gasteiger partial charge in [-0.25, -0.2) is 0 Å². The van der Waals surface area contributed by atoms with Crippen molar-refractivity contribution >= 4 is 53.1 Å². The number of hydrogen-bond acceptors (Lipinski definition) is 2. The second kappa shape index (κ2) is 9.19. The summed E-state index contributed by atoms with van der Waals surface area (Å²) in [6.45, 7) is 0.566. The van der Waals surface area contributed by atoms with Gasteiger partial charge in [0.15, 0.2) is 5.96 Å². The molecule has 0 bridgehead atoms.